The van der Waals surface area contributed by atoms with Gasteiger partial charge in [0.05, 0.1) is 6.61 Å². The number of fused-ring (bicyclic) bond motifs is 5. The second kappa shape index (κ2) is 10.8. The van der Waals surface area contributed by atoms with Gasteiger partial charge in [0.1, 0.15) is 0 Å². The molecule has 0 aromatic rings. The first-order valence-corrected chi connectivity index (χ1v) is 18.5. The predicted molar refractivity (Wildman–Crippen MR) is 157 cm³/mol. The fourth-order valence-corrected chi connectivity index (χ4v) is 10.2. The molecule has 0 unspecified atom stereocenters. The predicted octanol–water partition coefficient (Wildman–Crippen LogP) is 9.54. The Bertz CT molecular complexity index is 962. The van der Waals surface area contributed by atoms with Gasteiger partial charge in [-0.2, -0.15) is 4.39 Å². The molecule has 0 N–H and O–H groups in total. The van der Waals surface area contributed by atoms with Crippen molar-refractivity contribution in [1.29, 1.82) is 0 Å². The Morgan fingerprint density at radius 3 is 2.42 bits per heavy atom. The lowest BCUT2D eigenvalue weighted by Crippen LogP contribution is -2.52. The summed E-state index contributed by atoms with van der Waals surface area (Å²) in [4.78, 5) is 12.5. The molecule has 0 radical (unpaired) electrons. The Morgan fingerprint density at radius 1 is 1.11 bits per heavy atom. The van der Waals surface area contributed by atoms with Crippen molar-refractivity contribution in [3.8, 4) is 0 Å². The number of carbonyl (C=O) groups is 1. The van der Waals surface area contributed by atoms with Gasteiger partial charge in [0.25, 0.3) is 0 Å². The van der Waals surface area contributed by atoms with E-state index in [9.17, 15) is 4.79 Å². The van der Waals surface area contributed by atoms with E-state index < -0.39 is 20.1 Å². The second-order valence-corrected chi connectivity index (χ2v) is 19.8. The van der Waals surface area contributed by atoms with Gasteiger partial charge in [-0.05, 0) is 116 Å². The molecule has 0 amide bonds. The van der Waals surface area contributed by atoms with E-state index >= 15 is 4.39 Å². The summed E-state index contributed by atoms with van der Waals surface area (Å²) in [5.74, 6) is 0.772. The fraction of sp³-hybridized carbons (Fsp3) is 0.848. The van der Waals surface area contributed by atoms with Gasteiger partial charge in [-0.3, -0.25) is 0 Å². The van der Waals surface area contributed by atoms with E-state index in [4.69, 9.17) is 9.16 Å². The monoisotopic (exact) mass is 546 g/mol. The van der Waals surface area contributed by atoms with Crippen LogP contribution >= 0.6 is 0 Å². The van der Waals surface area contributed by atoms with Crippen LogP contribution in [-0.4, -0.2) is 27.0 Å². The SMILES string of the molecule is CCCC[C@H]1CC(=C(F)C(=O)OCC)[C@@]2(C)CC[C@H]3[C@@H](CC=C4C[C@@H](O[Si](C)(C)C(C)(C)C)CC[C@@]43C)[C@H]12. The van der Waals surface area contributed by atoms with Crippen LogP contribution in [0.25, 0.3) is 0 Å². The van der Waals surface area contributed by atoms with Crippen molar-refractivity contribution >= 4 is 14.3 Å². The maximum Gasteiger partial charge on any atom is 0.367 e. The molecule has 0 aromatic heterocycles. The normalized spacial score (nSPS) is 38.6. The number of hydrogen-bond acceptors (Lipinski definition) is 3. The Balaban J connectivity index is 1.63. The molecule has 0 bridgehead atoms. The van der Waals surface area contributed by atoms with Crippen molar-refractivity contribution in [1.82, 2.24) is 0 Å². The first kappa shape index (κ1) is 30.0. The highest BCUT2D eigenvalue weighted by atomic mass is 28.4. The summed E-state index contributed by atoms with van der Waals surface area (Å²) >= 11 is 0. The molecule has 4 aliphatic carbocycles. The number of unbranched alkanes of at least 4 members (excludes halogenated alkanes) is 1. The molecule has 0 heterocycles. The van der Waals surface area contributed by atoms with Gasteiger partial charge in [0, 0.05) is 6.10 Å². The first-order chi connectivity index (χ1) is 17.7. The van der Waals surface area contributed by atoms with Gasteiger partial charge < -0.3 is 9.16 Å². The molecule has 3 saturated carbocycles. The van der Waals surface area contributed by atoms with Crippen LogP contribution in [0.4, 0.5) is 4.39 Å². The van der Waals surface area contributed by atoms with E-state index in [1.165, 1.54) is 12.8 Å². The van der Waals surface area contributed by atoms with Crippen LogP contribution in [-0.2, 0) is 14.0 Å². The van der Waals surface area contributed by atoms with Gasteiger partial charge in [-0.1, -0.05) is 66.0 Å². The van der Waals surface area contributed by atoms with E-state index in [0.717, 1.165) is 56.9 Å². The number of allylic oxidation sites excluding steroid dienone is 2. The second-order valence-electron chi connectivity index (χ2n) is 15.0. The maximum absolute atomic E-state index is 15.6. The number of hydrogen-bond donors (Lipinski definition) is 0. The minimum atomic E-state index is -1.80. The molecule has 0 aromatic carbocycles. The summed E-state index contributed by atoms with van der Waals surface area (Å²) in [6, 6.07) is 0. The highest BCUT2D eigenvalue weighted by molar-refractivity contribution is 6.74. The molecule has 3 fully saturated rings. The maximum atomic E-state index is 15.6. The molecule has 4 aliphatic rings. The van der Waals surface area contributed by atoms with Crippen LogP contribution in [0.1, 0.15) is 113 Å². The summed E-state index contributed by atoms with van der Waals surface area (Å²) in [5, 5.41) is 0.230. The summed E-state index contributed by atoms with van der Waals surface area (Å²) in [7, 11) is -1.80. The summed E-state index contributed by atoms with van der Waals surface area (Å²) in [6.45, 7) is 20.8. The molecule has 0 spiro atoms. The zero-order chi connectivity index (χ0) is 28.1. The summed E-state index contributed by atoms with van der Waals surface area (Å²) in [5.41, 5.74) is 2.39. The lowest BCUT2D eigenvalue weighted by molar-refractivity contribution is -0.140. The van der Waals surface area contributed by atoms with E-state index in [-0.39, 0.29) is 22.5 Å². The quantitative estimate of drug-likeness (QED) is 0.138. The highest BCUT2D eigenvalue weighted by Gasteiger charge is 2.61. The molecule has 4 rings (SSSR count). The van der Waals surface area contributed by atoms with Crippen LogP contribution in [0.15, 0.2) is 23.0 Å². The molecule has 0 aliphatic heterocycles. The van der Waals surface area contributed by atoms with Crippen molar-refractivity contribution in [2.75, 3.05) is 6.61 Å². The molecule has 216 valence electrons. The summed E-state index contributed by atoms with van der Waals surface area (Å²) in [6.07, 6.45) is 13.7. The van der Waals surface area contributed by atoms with Crippen molar-refractivity contribution in [3.63, 3.8) is 0 Å². The van der Waals surface area contributed by atoms with Gasteiger partial charge in [0.2, 0.25) is 5.83 Å². The van der Waals surface area contributed by atoms with E-state index in [1.807, 2.05) is 0 Å². The van der Waals surface area contributed by atoms with Gasteiger partial charge in [-0.25, -0.2) is 4.79 Å². The third-order valence-electron chi connectivity index (χ3n) is 11.9. The van der Waals surface area contributed by atoms with Crippen molar-refractivity contribution in [2.24, 2.45) is 34.5 Å². The molecular formula is C33H55FO3Si. The number of esters is 1. The third-order valence-corrected chi connectivity index (χ3v) is 16.4. The van der Waals surface area contributed by atoms with Gasteiger partial charge in [0.15, 0.2) is 8.32 Å². The molecule has 3 nitrogen and oxygen atoms in total. The largest absolute Gasteiger partial charge is 0.461 e. The van der Waals surface area contributed by atoms with Crippen LogP contribution in [0.3, 0.4) is 0 Å². The van der Waals surface area contributed by atoms with E-state index in [0.29, 0.717) is 29.8 Å². The number of carbonyl (C=O) groups excluding carboxylic acids is 1. The number of rotatable bonds is 7. The summed E-state index contributed by atoms with van der Waals surface area (Å²) < 4.78 is 27.6. The van der Waals surface area contributed by atoms with Crippen LogP contribution < -0.4 is 0 Å². The Hall–Kier alpha value is -0.943. The van der Waals surface area contributed by atoms with E-state index in [1.54, 1.807) is 12.5 Å². The molecular weight excluding hydrogens is 491 g/mol. The van der Waals surface area contributed by atoms with Crippen LogP contribution in [0.2, 0.25) is 18.1 Å². The lowest BCUT2D eigenvalue weighted by atomic mass is 9.47. The topological polar surface area (TPSA) is 35.5 Å². The molecule has 7 atom stereocenters. The minimum Gasteiger partial charge on any atom is -0.461 e. The lowest BCUT2D eigenvalue weighted by Gasteiger charge is -2.58. The molecule has 0 saturated heterocycles. The van der Waals surface area contributed by atoms with Crippen molar-refractivity contribution < 1.29 is 18.3 Å². The Morgan fingerprint density at radius 2 is 1.79 bits per heavy atom. The fourth-order valence-electron chi connectivity index (χ4n) is 8.83. The highest BCUT2D eigenvalue weighted by Crippen LogP contribution is 2.68. The van der Waals surface area contributed by atoms with Gasteiger partial charge >= 0.3 is 5.97 Å². The first-order valence-electron chi connectivity index (χ1n) is 15.6. The average Bonchev–Trinajstić information content (AvgIpc) is 3.14. The zero-order valence-electron chi connectivity index (χ0n) is 25.8. The zero-order valence-corrected chi connectivity index (χ0v) is 26.8. The average molecular weight is 547 g/mol. The third kappa shape index (κ3) is 5.13. The number of halogens is 1. The Labute approximate surface area is 233 Å². The van der Waals surface area contributed by atoms with Gasteiger partial charge in [-0.15, -0.1) is 0 Å². The van der Waals surface area contributed by atoms with E-state index in [2.05, 4.69) is 60.7 Å². The Kier molecular flexibility index (Phi) is 8.53. The smallest absolute Gasteiger partial charge is 0.367 e. The van der Waals surface area contributed by atoms with Crippen LogP contribution in [0.5, 0.6) is 0 Å². The minimum absolute atomic E-state index is 0.218. The number of ether oxygens (including phenoxy) is 1. The van der Waals surface area contributed by atoms with Crippen molar-refractivity contribution in [3.05, 3.63) is 23.0 Å². The molecule has 38 heavy (non-hydrogen) atoms. The standard InChI is InChI=1S/C33H55FO3Si/c1-10-12-13-22-20-27(29(34)30(35)36-11-2)33(7)19-17-26-25(28(22)33)15-14-23-21-24(16-18-32(23,26)6)37-38(8,9)31(3,4)5/h14,22,24-26,28H,10-13,15-21H2,1-9H3/t22-,24-,25+,26-,28-,32-,33+/m0/s1. The van der Waals surface area contributed by atoms with Crippen molar-refractivity contribution in [2.45, 2.75) is 137 Å². The molecule has 5 heteroatoms. The van der Waals surface area contributed by atoms with Crippen LogP contribution in [0, 0.1) is 34.5 Å².